The summed E-state index contributed by atoms with van der Waals surface area (Å²) in [6, 6.07) is 7.51. The summed E-state index contributed by atoms with van der Waals surface area (Å²) in [4.78, 5) is 31.4. The van der Waals surface area contributed by atoms with Gasteiger partial charge in [-0.3, -0.25) is 4.79 Å². The molecule has 1 aliphatic rings. The Morgan fingerprint density at radius 2 is 2.08 bits per heavy atom. The van der Waals surface area contributed by atoms with Gasteiger partial charge in [-0.15, -0.1) is 5.10 Å². The number of anilines is 2. The molecule has 1 fully saturated rings. The highest BCUT2D eigenvalue weighted by Gasteiger charge is 2.20. The lowest BCUT2D eigenvalue weighted by molar-refractivity contribution is -0.117. The Morgan fingerprint density at radius 3 is 2.85 bits per heavy atom. The van der Waals surface area contributed by atoms with Gasteiger partial charge in [-0.2, -0.15) is 0 Å². The summed E-state index contributed by atoms with van der Waals surface area (Å²) in [5.74, 6) is 0.400. The second-order valence-corrected chi connectivity index (χ2v) is 6.50. The predicted octanol–water partition coefficient (Wildman–Crippen LogP) is 1.44. The van der Waals surface area contributed by atoms with Crippen LogP contribution in [-0.2, 0) is 11.3 Å². The Hall–Kier alpha value is -3.16. The van der Waals surface area contributed by atoms with Crippen molar-refractivity contribution in [2.45, 2.75) is 26.3 Å². The van der Waals surface area contributed by atoms with Crippen LogP contribution in [0.1, 0.15) is 18.4 Å². The molecule has 0 radical (unpaired) electrons. The van der Waals surface area contributed by atoms with Gasteiger partial charge in [0.2, 0.25) is 11.6 Å². The highest BCUT2D eigenvalue weighted by atomic mass is 16.2. The molecular weight excluding hydrogens is 332 g/mol. The topological polar surface area (TPSA) is 84.5 Å². The van der Waals surface area contributed by atoms with Gasteiger partial charge in [-0.1, -0.05) is 12.1 Å². The monoisotopic (exact) mass is 352 g/mol. The molecule has 0 aliphatic carbocycles. The Labute approximate surface area is 150 Å². The molecule has 0 atom stereocenters. The number of carbonyl (C=O) groups excluding carboxylic acids is 1. The van der Waals surface area contributed by atoms with E-state index in [0.717, 1.165) is 31.5 Å². The maximum atomic E-state index is 12.6. The number of nitrogens with one attached hydrogen (secondary N) is 1. The summed E-state index contributed by atoms with van der Waals surface area (Å²) >= 11 is 0. The fourth-order valence-corrected chi connectivity index (χ4v) is 3.25. The van der Waals surface area contributed by atoms with Crippen molar-refractivity contribution in [3.8, 4) is 0 Å². The third kappa shape index (κ3) is 3.05. The van der Waals surface area contributed by atoms with Crippen molar-refractivity contribution < 1.29 is 4.79 Å². The number of nitrogens with zero attached hydrogens (tertiary/aromatic N) is 5. The van der Waals surface area contributed by atoms with Crippen LogP contribution in [-0.4, -0.2) is 38.2 Å². The third-order valence-electron chi connectivity index (χ3n) is 4.48. The molecule has 26 heavy (non-hydrogen) atoms. The molecule has 0 spiro atoms. The van der Waals surface area contributed by atoms with Crippen molar-refractivity contribution in [3.63, 3.8) is 0 Å². The van der Waals surface area contributed by atoms with Crippen LogP contribution in [0.5, 0.6) is 0 Å². The first-order valence-corrected chi connectivity index (χ1v) is 8.67. The van der Waals surface area contributed by atoms with Crippen molar-refractivity contribution in [2.75, 3.05) is 23.3 Å². The van der Waals surface area contributed by atoms with Gasteiger partial charge in [0.05, 0.1) is 0 Å². The predicted molar refractivity (Wildman–Crippen MR) is 98.5 cm³/mol. The summed E-state index contributed by atoms with van der Waals surface area (Å²) in [5, 5.41) is 7.16. The van der Waals surface area contributed by atoms with Crippen molar-refractivity contribution >= 4 is 23.1 Å². The Bertz CT molecular complexity index is 1020. The van der Waals surface area contributed by atoms with Crippen LogP contribution < -0.4 is 15.9 Å². The van der Waals surface area contributed by atoms with E-state index in [1.807, 2.05) is 31.2 Å². The number of aromatic nitrogens is 4. The molecule has 8 nitrogen and oxygen atoms in total. The zero-order chi connectivity index (χ0) is 18.1. The van der Waals surface area contributed by atoms with E-state index in [1.165, 1.54) is 9.08 Å². The summed E-state index contributed by atoms with van der Waals surface area (Å²) in [6.07, 6.45) is 5.39. The number of benzene rings is 1. The molecule has 1 aromatic carbocycles. The molecule has 0 unspecified atom stereocenters. The molecule has 1 aliphatic heterocycles. The first-order chi connectivity index (χ1) is 12.6. The first-order valence-electron chi connectivity index (χ1n) is 8.67. The molecule has 1 amide bonds. The third-order valence-corrected chi connectivity index (χ3v) is 4.48. The van der Waals surface area contributed by atoms with E-state index < -0.39 is 0 Å². The number of amides is 1. The zero-order valence-corrected chi connectivity index (χ0v) is 14.6. The minimum absolute atomic E-state index is 0.145. The van der Waals surface area contributed by atoms with Crippen LogP contribution in [0, 0.1) is 6.92 Å². The number of hydrogen-bond donors (Lipinski definition) is 1. The molecule has 8 heteroatoms. The molecule has 3 heterocycles. The van der Waals surface area contributed by atoms with Crippen LogP contribution in [0.3, 0.4) is 0 Å². The summed E-state index contributed by atoms with van der Waals surface area (Å²) in [6.45, 7) is 3.62. The van der Waals surface area contributed by atoms with E-state index in [-0.39, 0.29) is 18.1 Å². The fourth-order valence-electron chi connectivity index (χ4n) is 3.25. The minimum atomic E-state index is -0.345. The summed E-state index contributed by atoms with van der Waals surface area (Å²) in [7, 11) is 0. The summed E-state index contributed by atoms with van der Waals surface area (Å²) in [5.41, 5.74) is 1.89. The Kier molecular flexibility index (Phi) is 4.16. The Morgan fingerprint density at radius 1 is 1.27 bits per heavy atom. The maximum absolute atomic E-state index is 12.6. The SMILES string of the molecule is Cc1cccc(NC(=O)Cn2nc3c(N4CCCC4)nccn3c2=O)c1. The van der Waals surface area contributed by atoms with Crippen LogP contribution in [0.25, 0.3) is 5.65 Å². The quantitative estimate of drug-likeness (QED) is 0.768. The normalized spacial score (nSPS) is 14.1. The molecule has 0 bridgehead atoms. The van der Waals surface area contributed by atoms with Gasteiger partial charge in [0.1, 0.15) is 6.54 Å². The van der Waals surface area contributed by atoms with Crippen molar-refractivity contribution in [1.82, 2.24) is 19.2 Å². The van der Waals surface area contributed by atoms with Gasteiger partial charge in [0.25, 0.3) is 0 Å². The lowest BCUT2D eigenvalue weighted by Crippen LogP contribution is -2.28. The largest absolute Gasteiger partial charge is 0.353 e. The minimum Gasteiger partial charge on any atom is -0.353 e. The second-order valence-electron chi connectivity index (χ2n) is 6.50. The highest BCUT2D eigenvalue weighted by molar-refractivity contribution is 5.90. The molecule has 1 saturated heterocycles. The fraction of sp³-hybridized carbons (Fsp3) is 0.333. The zero-order valence-electron chi connectivity index (χ0n) is 14.6. The van der Waals surface area contributed by atoms with E-state index in [1.54, 1.807) is 12.4 Å². The van der Waals surface area contributed by atoms with Crippen LogP contribution in [0.15, 0.2) is 41.5 Å². The van der Waals surface area contributed by atoms with Crippen molar-refractivity contribution in [2.24, 2.45) is 0 Å². The average Bonchev–Trinajstić information content (AvgIpc) is 3.24. The van der Waals surface area contributed by atoms with Gasteiger partial charge in [0, 0.05) is 31.2 Å². The molecule has 3 aromatic rings. The van der Waals surface area contributed by atoms with E-state index in [2.05, 4.69) is 20.3 Å². The number of fused-ring (bicyclic) bond motifs is 1. The van der Waals surface area contributed by atoms with Gasteiger partial charge in [0.15, 0.2) is 5.82 Å². The van der Waals surface area contributed by atoms with E-state index in [9.17, 15) is 9.59 Å². The molecule has 4 rings (SSSR count). The van der Waals surface area contributed by atoms with Gasteiger partial charge >= 0.3 is 5.69 Å². The van der Waals surface area contributed by atoms with Gasteiger partial charge in [-0.25, -0.2) is 18.9 Å². The van der Waals surface area contributed by atoms with E-state index >= 15 is 0 Å². The molecular formula is C18H20N6O2. The van der Waals surface area contributed by atoms with E-state index in [0.29, 0.717) is 17.2 Å². The average molecular weight is 352 g/mol. The maximum Gasteiger partial charge on any atom is 0.350 e. The number of carbonyl (C=O) groups is 1. The van der Waals surface area contributed by atoms with Crippen LogP contribution >= 0.6 is 0 Å². The smallest absolute Gasteiger partial charge is 0.350 e. The molecule has 1 N–H and O–H groups in total. The molecule has 0 saturated carbocycles. The first kappa shape index (κ1) is 16.3. The number of hydrogen-bond acceptors (Lipinski definition) is 5. The Balaban J connectivity index is 1.60. The van der Waals surface area contributed by atoms with Gasteiger partial charge < -0.3 is 10.2 Å². The van der Waals surface area contributed by atoms with Crippen molar-refractivity contribution in [1.29, 1.82) is 0 Å². The van der Waals surface area contributed by atoms with Crippen LogP contribution in [0.2, 0.25) is 0 Å². The molecule has 134 valence electrons. The lowest BCUT2D eigenvalue weighted by Gasteiger charge is -2.15. The van der Waals surface area contributed by atoms with Gasteiger partial charge in [-0.05, 0) is 37.5 Å². The lowest BCUT2D eigenvalue weighted by atomic mass is 10.2. The van der Waals surface area contributed by atoms with E-state index in [4.69, 9.17) is 0 Å². The highest BCUT2D eigenvalue weighted by Crippen LogP contribution is 2.20. The summed E-state index contributed by atoms with van der Waals surface area (Å²) < 4.78 is 2.63. The van der Waals surface area contributed by atoms with Crippen molar-refractivity contribution in [3.05, 3.63) is 52.7 Å². The standard InChI is InChI=1S/C18H20N6O2/c1-13-5-4-6-14(11-13)20-15(25)12-24-18(26)23-10-7-19-16(17(23)21-24)22-8-2-3-9-22/h4-7,10-11H,2-3,8-9,12H2,1H3,(H,20,25). The van der Waals surface area contributed by atoms with Crippen LogP contribution in [0.4, 0.5) is 11.5 Å². The molecule has 2 aromatic heterocycles. The number of aryl methyl sites for hydroxylation is 1. The second kappa shape index (κ2) is 6.62. The number of rotatable bonds is 4.